The zero-order valence-corrected chi connectivity index (χ0v) is 12.2. The first kappa shape index (κ1) is 14.8. The minimum atomic E-state index is -0.305. The van der Waals surface area contributed by atoms with Gasteiger partial charge in [-0.05, 0) is 25.0 Å². The van der Waals surface area contributed by atoms with Crippen molar-refractivity contribution < 1.29 is 4.79 Å². The van der Waals surface area contributed by atoms with Crippen LogP contribution >= 0.6 is 23.2 Å². The second kappa shape index (κ2) is 7.26. The number of aryl methyl sites for hydroxylation is 1. The smallest absolute Gasteiger partial charge is 0.271 e. The molecule has 2 aromatic heterocycles. The first-order valence-electron chi connectivity index (χ1n) is 6.23. The predicted octanol–water partition coefficient (Wildman–Crippen LogP) is 2.80. The highest BCUT2D eigenvalue weighted by Gasteiger charge is 2.11. The van der Waals surface area contributed by atoms with E-state index < -0.39 is 0 Å². The van der Waals surface area contributed by atoms with Crippen molar-refractivity contribution in [3.05, 3.63) is 46.7 Å². The van der Waals surface area contributed by atoms with Gasteiger partial charge in [0.25, 0.3) is 5.91 Å². The maximum absolute atomic E-state index is 11.9. The number of nitrogens with zero attached hydrogens (tertiary/aromatic N) is 3. The van der Waals surface area contributed by atoms with Crippen molar-refractivity contribution in [2.24, 2.45) is 0 Å². The molecule has 0 unspecified atom stereocenters. The lowest BCUT2D eigenvalue weighted by atomic mass is 10.3. The first-order valence-corrected chi connectivity index (χ1v) is 6.98. The molecule has 0 radical (unpaired) electrons. The fraction of sp³-hybridized carbons (Fsp3) is 0.308. The second-order valence-corrected chi connectivity index (χ2v) is 5.02. The highest BCUT2D eigenvalue weighted by molar-refractivity contribution is 6.34. The van der Waals surface area contributed by atoms with Crippen molar-refractivity contribution in [1.29, 1.82) is 0 Å². The molecule has 0 saturated heterocycles. The minimum absolute atomic E-state index is 0.161. The summed E-state index contributed by atoms with van der Waals surface area (Å²) in [5.41, 5.74) is 0.161. The molecule has 7 heteroatoms. The van der Waals surface area contributed by atoms with Gasteiger partial charge in [0.15, 0.2) is 0 Å². The maximum Gasteiger partial charge on any atom is 0.271 e. The summed E-state index contributed by atoms with van der Waals surface area (Å²) in [6.07, 6.45) is 7.24. The third-order valence-electron chi connectivity index (χ3n) is 2.71. The summed E-state index contributed by atoms with van der Waals surface area (Å²) in [5.74, 6) is -0.305. The number of unbranched alkanes of at least 4 members (excludes halogenated alkanes) is 1. The van der Waals surface area contributed by atoms with Crippen LogP contribution in [-0.4, -0.2) is 27.0 Å². The Morgan fingerprint density at radius 1 is 1.30 bits per heavy atom. The van der Waals surface area contributed by atoms with Crippen LogP contribution in [0.1, 0.15) is 23.3 Å². The Bertz CT molecular complexity index is 572. The van der Waals surface area contributed by atoms with Crippen LogP contribution in [0.5, 0.6) is 0 Å². The molecule has 1 N–H and O–H groups in total. The molecule has 0 aliphatic rings. The largest absolute Gasteiger partial charge is 0.351 e. The zero-order chi connectivity index (χ0) is 14.4. The molecule has 0 spiro atoms. The van der Waals surface area contributed by atoms with Crippen LogP contribution in [0.15, 0.2) is 30.9 Å². The van der Waals surface area contributed by atoms with Gasteiger partial charge in [-0.25, -0.2) is 9.97 Å². The Balaban J connectivity index is 1.73. The quantitative estimate of drug-likeness (QED) is 0.659. The van der Waals surface area contributed by atoms with Gasteiger partial charge in [-0.2, -0.15) is 0 Å². The fourth-order valence-corrected chi connectivity index (χ4v) is 2.04. The summed E-state index contributed by atoms with van der Waals surface area (Å²) < 4.78 is 2.00. The summed E-state index contributed by atoms with van der Waals surface area (Å²) in [6.45, 7) is 1.45. The molecular weight excluding hydrogens is 299 g/mol. The van der Waals surface area contributed by atoms with E-state index in [9.17, 15) is 4.79 Å². The van der Waals surface area contributed by atoms with Crippen LogP contribution < -0.4 is 5.32 Å². The lowest BCUT2D eigenvalue weighted by Gasteiger charge is -2.06. The van der Waals surface area contributed by atoms with Gasteiger partial charge in [0.05, 0.1) is 11.3 Å². The van der Waals surface area contributed by atoms with E-state index in [0.717, 1.165) is 19.4 Å². The molecule has 106 valence electrons. The third-order valence-corrected chi connectivity index (χ3v) is 3.23. The predicted molar refractivity (Wildman–Crippen MR) is 78.1 cm³/mol. The molecule has 0 aliphatic heterocycles. The van der Waals surface area contributed by atoms with Gasteiger partial charge in [0.1, 0.15) is 10.8 Å². The van der Waals surface area contributed by atoms with E-state index in [2.05, 4.69) is 15.3 Å². The fourth-order valence-electron chi connectivity index (χ4n) is 1.70. The molecule has 2 heterocycles. The van der Waals surface area contributed by atoms with Crippen LogP contribution in [0.2, 0.25) is 10.2 Å². The van der Waals surface area contributed by atoms with Gasteiger partial charge in [-0.3, -0.25) is 4.79 Å². The van der Waals surface area contributed by atoms with Crippen LogP contribution in [0.3, 0.4) is 0 Å². The molecule has 0 fully saturated rings. The normalized spacial score (nSPS) is 10.5. The summed E-state index contributed by atoms with van der Waals surface area (Å²) in [6, 6.07) is 3.11. The number of amides is 1. The molecule has 20 heavy (non-hydrogen) atoms. The zero-order valence-electron chi connectivity index (χ0n) is 10.7. The number of hydrogen-bond donors (Lipinski definition) is 1. The highest BCUT2D eigenvalue weighted by Crippen LogP contribution is 2.16. The molecule has 0 atom stereocenters. The summed E-state index contributed by atoms with van der Waals surface area (Å²) in [5, 5.41) is 3.32. The second-order valence-electron chi connectivity index (χ2n) is 4.23. The van der Waals surface area contributed by atoms with Crippen molar-refractivity contribution in [2.45, 2.75) is 19.4 Å². The number of halogens is 2. The van der Waals surface area contributed by atoms with Crippen molar-refractivity contribution in [2.75, 3.05) is 6.54 Å². The van der Waals surface area contributed by atoms with Gasteiger partial charge in [0.2, 0.25) is 0 Å². The number of nitrogens with one attached hydrogen (secondary N) is 1. The van der Waals surface area contributed by atoms with E-state index >= 15 is 0 Å². The summed E-state index contributed by atoms with van der Waals surface area (Å²) >= 11 is 11.6. The van der Waals surface area contributed by atoms with E-state index in [1.165, 1.54) is 0 Å². The molecule has 0 bridgehead atoms. The number of aromatic nitrogens is 3. The number of carbonyl (C=O) groups is 1. The van der Waals surface area contributed by atoms with Gasteiger partial charge < -0.3 is 9.88 Å². The van der Waals surface area contributed by atoms with Crippen molar-refractivity contribution in [1.82, 2.24) is 19.9 Å². The van der Waals surface area contributed by atoms with E-state index in [1.807, 2.05) is 10.8 Å². The standard InChI is InChI=1S/C13H14Cl2N4O/c14-10-3-4-11(15)18-12(10)13(20)17-5-1-2-7-19-8-6-16-9-19/h3-4,6,8-9H,1-2,5,7H2,(H,17,20). The van der Waals surface area contributed by atoms with Gasteiger partial charge >= 0.3 is 0 Å². The van der Waals surface area contributed by atoms with Crippen molar-refractivity contribution in [3.63, 3.8) is 0 Å². The number of pyridine rings is 1. The average Bonchev–Trinajstić information content (AvgIpc) is 2.94. The summed E-state index contributed by atoms with van der Waals surface area (Å²) in [4.78, 5) is 19.8. The van der Waals surface area contributed by atoms with Gasteiger partial charge in [0, 0.05) is 25.5 Å². The average molecular weight is 313 g/mol. The Morgan fingerprint density at radius 3 is 2.90 bits per heavy atom. The van der Waals surface area contributed by atoms with Gasteiger partial charge in [-0.1, -0.05) is 23.2 Å². The Morgan fingerprint density at radius 2 is 2.15 bits per heavy atom. The monoisotopic (exact) mass is 312 g/mol. The van der Waals surface area contributed by atoms with Crippen LogP contribution in [0.4, 0.5) is 0 Å². The number of carbonyl (C=O) groups excluding carboxylic acids is 1. The molecule has 2 aromatic rings. The molecule has 1 amide bonds. The minimum Gasteiger partial charge on any atom is -0.351 e. The highest BCUT2D eigenvalue weighted by atomic mass is 35.5. The van der Waals surface area contributed by atoms with E-state index in [1.54, 1.807) is 24.7 Å². The molecule has 2 rings (SSSR count). The SMILES string of the molecule is O=C(NCCCCn1ccnc1)c1nc(Cl)ccc1Cl. The maximum atomic E-state index is 11.9. The Hall–Kier alpha value is -1.59. The van der Waals surface area contributed by atoms with E-state index in [4.69, 9.17) is 23.2 Å². The van der Waals surface area contributed by atoms with E-state index in [0.29, 0.717) is 11.6 Å². The molecule has 0 aliphatic carbocycles. The lowest BCUT2D eigenvalue weighted by molar-refractivity contribution is 0.0948. The summed E-state index contributed by atoms with van der Waals surface area (Å²) in [7, 11) is 0. The molecule has 0 aromatic carbocycles. The van der Waals surface area contributed by atoms with Crippen LogP contribution in [-0.2, 0) is 6.54 Å². The molecular formula is C13H14Cl2N4O. The number of imidazole rings is 1. The molecule has 0 saturated carbocycles. The lowest BCUT2D eigenvalue weighted by Crippen LogP contribution is -2.26. The Kier molecular flexibility index (Phi) is 5.38. The Labute approximate surface area is 126 Å². The molecule has 5 nitrogen and oxygen atoms in total. The van der Waals surface area contributed by atoms with Crippen LogP contribution in [0, 0.1) is 0 Å². The number of hydrogen-bond acceptors (Lipinski definition) is 3. The van der Waals surface area contributed by atoms with Crippen LogP contribution in [0.25, 0.3) is 0 Å². The van der Waals surface area contributed by atoms with Crippen molar-refractivity contribution in [3.8, 4) is 0 Å². The topological polar surface area (TPSA) is 59.8 Å². The third kappa shape index (κ3) is 4.21. The van der Waals surface area contributed by atoms with Crippen molar-refractivity contribution >= 4 is 29.1 Å². The van der Waals surface area contributed by atoms with Gasteiger partial charge in [-0.15, -0.1) is 0 Å². The van der Waals surface area contributed by atoms with E-state index in [-0.39, 0.29) is 16.8 Å². The number of rotatable bonds is 6. The first-order chi connectivity index (χ1) is 9.66.